The number of amides is 3. The van der Waals surface area contributed by atoms with E-state index >= 15 is 0 Å². The van der Waals surface area contributed by atoms with Gasteiger partial charge in [0.05, 0.1) is 13.2 Å². The first-order valence-corrected chi connectivity index (χ1v) is 13.3. The Kier molecular flexibility index (Phi) is 8.70. The number of carbonyl (C=O) groups is 3. The van der Waals surface area contributed by atoms with Crippen molar-refractivity contribution in [2.24, 2.45) is 11.3 Å². The first kappa shape index (κ1) is 26.5. The molecule has 0 bridgehead atoms. The van der Waals surface area contributed by atoms with E-state index in [1.54, 1.807) is 7.11 Å². The Morgan fingerprint density at radius 2 is 2.05 bits per heavy atom. The van der Waals surface area contributed by atoms with Crippen molar-refractivity contribution in [1.29, 1.82) is 5.26 Å². The van der Waals surface area contributed by atoms with Gasteiger partial charge in [-0.1, -0.05) is 25.3 Å². The summed E-state index contributed by atoms with van der Waals surface area (Å²) in [6.07, 6.45) is 8.41. The predicted molar refractivity (Wildman–Crippen MR) is 140 cm³/mol. The van der Waals surface area contributed by atoms with Crippen molar-refractivity contribution < 1.29 is 19.1 Å². The van der Waals surface area contributed by atoms with Crippen LogP contribution < -0.4 is 20.7 Å². The summed E-state index contributed by atoms with van der Waals surface area (Å²) in [6.45, 7) is 1.16. The van der Waals surface area contributed by atoms with Gasteiger partial charge in [-0.15, -0.1) is 0 Å². The van der Waals surface area contributed by atoms with Crippen LogP contribution in [0.1, 0.15) is 74.7 Å². The molecule has 1 aromatic heterocycles. The van der Waals surface area contributed by atoms with Gasteiger partial charge >= 0.3 is 0 Å². The topological polar surface area (TPSA) is 136 Å². The smallest absolute Gasteiger partial charge is 0.267 e. The lowest BCUT2D eigenvalue weighted by Crippen LogP contribution is -2.38. The molecule has 0 unspecified atom stereocenters. The Morgan fingerprint density at radius 3 is 2.76 bits per heavy atom. The van der Waals surface area contributed by atoms with Crippen molar-refractivity contribution >= 4 is 28.6 Å². The molecule has 4 N–H and O–H groups in total. The minimum absolute atomic E-state index is 0.0000171. The van der Waals surface area contributed by atoms with E-state index in [2.05, 4.69) is 27.0 Å². The molecule has 9 heteroatoms. The largest absolute Gasteiger partial charge is 0.496 e. The minimum Gasteiger partial charge on any atom is -0.496 e. The molecule has 0 radical (unpaired) electrons. The molecule has 9 nitrogen and oxygen atoms in total. The molecule has 0 spiro atoms. The minimum atomic E-state index is -0.655. The van der Waals surface area contributed by atoms with Crippen molar-refractivity contribution in [1.82, 2.24) is 20.9 Å². The van der Waals surface area contributed by atoms with Crippen molar-refractivity contribution in [3.05, 3.63) is 30.0 Å². The number of carbonyl (C=O) groups excluding carboxylic acids is 3. The first-order valence-electron chi connectivity index (χ1n) is 13.3. The lowest BCUT2D eigenvalue weighted by molar-refractivity contribution is -0.124. The summed E-state index contributed by atoms with van der Waals surface area (Å²) >= 11 is 0. The van der Waals surface area contributed by atoms with E-state index in [0.717, 1.165) is 55.2 Å². The Hall–Kier alpha value is -3.54. The summed E-state index contributed by atoms with van der Waals surface area (Å²) in [7, 11) is 1.61. The van der Waals surface area contributed by atoms with Crippen LogP contribution in [-0.4, -0.2) is 48.9 Å². The fraction of sp³-hybridized carbons (Fsp3) is 0.571. The summed E-state index contributed by atoms with van der Waals surface area (Å²) in [4.78, 5) is 40.5. The van der Waals surface area contributed by atoms with Gasteiger partial charge in [0.2, 0.25) is 11.8 Å². The first-order chi connectivity index (χ1) is 17.9. The number of nitrogens with one attached hydrogen (secondary N) is 4. The Bertz CT molecular complexity index is 1160. The highest BCUT2D eigenvalue weighted by Crippen LogP contribution is 2.43. The van der Waals surface area contributed by atoms with Crippen LogP contribution in [0.25, 0.3) is 10.9 Å². The second-order valence-electron chi connectivity index (χ2n) is 10.4. The highest BCUT2D eigenvalue weighted by molar-refractivity contribution is 5.99. The standard InChI is InChI=1S/C28H37N5O4/c1-37-24-7-5-6-22-21(24)17-23(33-22)27(36)31-15-13-28(10-3-2-4-11-28)12-8-25(34)32-20(18-29)16-19-9-14-30-26(19)35/h5-7,17,19-20,33H,2-4,8-16H2,1H3,(H,30,35)(H,31,36)(H,32,34)/t19-,20-/m0/s1. The van der Waals surface area contributed by atoms with E-state index in [1.165, 1.54) is 6.42 Å². The number of nitrogens with zero attached hydrogens (tertiary/aromatic N) is 1. The summed E-state index contributed by atoms with van der Waals surface area (Å²) in [6, 6.07) is 8.95. The van der Waals surface area contributed by atoms with E-state index in [1.807, 2.05) is 24.3 Å². The number of H-pyrrole nitrogens is 1. The maximum atomic E-state index is 12.8. The molecule has 2 fully saturated rings. The Balaban J connectivity index is 1.29. The van der Waals surface area contributed by atoms with Crippen LogP contribution in [0, 0.1) is 22.7 Å². The summed E-state index contributed by atoms with van der Waals surface area (Å²) in [5.74, 6) is 0.166. The molecule has 198 valence electrons. The quantitative estimate of drug-likeness (QED) is 0.369. The van der Waals surface area contributed by atoms with E-state index in [4.69, 9.17) is 4.74 Å². The highest BCUT2D eigenvalue weighted by Gasteiger charge is 2.33. The summed E-state index contributed by atoms with van der Waals surface area (Å²) in [5, 5.41) is 19.0. The fourth-order valence-corrected chi connectivity index (χ4v) is 5.83. The summed E-state index contributed by atoms with van der Waals surface area (Å²) in [5.41, 5.74) is 1.35. The van der Waals surface area contributed by atoms with Gasteiger partial charge in [0.15, 0.2) is 0 Å². The van der Waals surface area contributed by atoms with Gasteiger partial charge in [0, 0.05) is 36.3 Å². The molecule has 2 atom stereocenters. The second kappa shape index (κ2) is 12.1. The monoisotopic (exact) mass is 507 g/mol. The molecule has 1 aliphatic carbocycles. The molecule has 37 heavy (non-hydrogen) atoms. The number of fused-ring (bicyclic) bond motifs is 1. The molecule has 2 heterocycles. The van der Waals surface area contributed by atoms with Gasteiger partial charge in [-0.2, -0.15) is 5.26 Å². The third kappa shape index (κ3) is 6.62. The number of aromatic nitrogens is 1. The van der Waals surface area contributed by atoms with E-state index in [-0.39, 0.29) is 29.1 Å². The Morgan fingerprint density at radius 1 is 1.24 bits per heavy atom. The van der Waals surface area contributed by atoms with Gasteiger partial charge in [-0.3, -0.25) is 14.4 Å². The molecule has 3 amide bonds. The predicted octanol–water partition coefficient (Wildman–Crippen LogP) is 3.56. The number of nitriles is 1. The number of rotatable bonds is 11. The van der Waals surface area contributed by atoms with Crippen LogP contribution in [0.2, 0.25) is 0 Å². The van der Waals surface area contributed by atoms with Crippen molar-refractivity contribution in [3.63, 3.8) is 0 Å². The lowest BCUT2D eigenvalue weighted by atomic mass is 9.69. The average Bonchev–Trinajstić information content (AvgIpc) is 3.53. The number of aromatic amines is 1. The van der Waals surface area contributed by atoms with Crippen molar-refractivity contribution in [3.8, 4) is 11.8 Å². The Labute approximate surface area is 217 Å². The maximum absolute atomic E-state index is 12.8. The molecule has 4 rings (SSSR count). The zero-order chi connectivity index (χ0) is 26.3. The molecule has 2 aliphatic rings. The van der Waals surface area contributed by atoms with Crippen molar-refractivity contribution in [2.75, 3.05) is 20.2 Å². The molecule has 1 aliphatic heterocycles. The second-order valence-corrected chi connectivity index (χ2v) is 10.4. The molecule has 1 saturated heterocycles. The number of ether oxygens (including phenoxy) is 1. The van der Waals surface area contributed by atoms with Gasteiger partial charge in [-0.05, 0) is 62.1 Å². The third-order valence-electron chi connectivity index (χ3n) is 8.00. The molecular formula is C28H37N5O4. The van der Waals surface area contributed by atoms with Gasteiger partial charge in [0.1, 0.15) is 17.5 Å². The van der Waals surface area contributed by atoms with Crippen LogP contribution >= 0.6 is 0 Å². The SMILES string of the molecule is COc1cccc2[nH]c(C(=O)NCCC3(CCC(=O)N[C@H](C#N)C[C@@H]4CCNC4=O)CCCCC3)cc12. The number of hydrogen-bond donors (Lipinski definition) is 4. The zero-order valence-corrected chi connectivity index (χ0v) is 21.5. The zero-order valence-electron chi connectivity index (χ0n) is 21.5. The van der Waals surface area contributed by atoms with Crippen LogP contribution in [0.3, 0.4) is 0 Å². The van der Waals surface area contributed by atoms with E-state index in [0.29, 0.717) is 38.0 Å². The fourth-order valence-electron chi connectivity index (χ4n) is 5.83. The molecule has 1 aromatic carbocycles. The maximum Gasteiger partial charge on any atom is 0.267 e. The van der Waals surface area contributed by atoms with Gasteiger partial charge < -0.3 is 25.7 Å². The van der Waals surface area contributed by atoms with Crippen LogP contribution in [0.5, 0.6) is 5.75 Å². The average molecular weight is 508 g/mol. The van der Waals surface area contributed by atoms with Crippen molar-refractivity contribution in [2.45, 2.75) is 70.3 Å². The van der Waals surface area contributed by atoms with Gasteiger partial charge in [0.25, 0.3) is 5.91 Å². The van der Waals surface area contributed by atoms with Crippen LogP contribution in [0.15, 0.2) is 24.3 Å². The molecule has 2 aromatic rings. The third-order valence-corrected chi connectivity index (χ3v) is 8.00. The normalized spacial score (nSPS) is 19.6. The number of benzene rings is 1. The number of methoxy groups -OCH3 is 1. The molecule has 1 saturated carbocycles. The van der Waals surface area contributed by atoms with E-state index in [9.17, 15) is 19.6 Å². The summed E-state index contributed by atoms with van der Waals surface area (Å²) < 4.78 is 5.39. The molecular weight excluding hydrogens is 470 g/mol. The van der Waals surface area contributed by atoms with Crippen LogP contribution in [-0.2, 0) is 9.59 Å². The van der Waals surface area contributed by atoms with E-state index < -0.39 is 6.04 Å². The number of hydrogen-bond acceptors (Lipinski definition) is 5. The highest BCUT2D eigenvalue weighted by atomic mass is 16.5. The lowest BCUT2D eigenvalue weighted by Gasteiger charge is -2.37. The van der Waals surface area contributed by atoms with Gasteiger partial charge in [-0.25, -0.2) is 0 Å². The van der Waals surface area contributed by atoms with Crippen LogP contribution in [0.4, 0.5) is 0 Å².